The Morgan fingerprint density at radius 1 is 1.03 bits per heavy atom. The SMILES string of the molecule is Fc1ccc(-c2ccnc3[nH]c(-c4n[nH]c5cnc(C6=CCNCC6)cc45)nc23)cc1. The summed E-state index contributed by atoms with van der Waals surface area (Å²) in [5.41, 5.74) is 6.89. The number of nitrogens with zero attached hydrogens (tertiary/aromatic N) is 4. The van der Waals surface area contributed by atoms with Crippen molar-refractivity contribution in [2.24, 2.45) is 0 Å². The lowest BCUT2D eigenvalue weighted by molar-refractivity contribution is 0.628. The van der Waals surface area contributed by atoms with Gasteiger partial charge in [-0.3, -0.25) is 10.1 Å². The molecule has 0 unspecified atom stereocenters. The smallest absolute Gasteiger partial charge is 0.160 e. The Balaban J connectivity index is 1.48. The molecule has 5 aromatic rings. The van der Waals surface area contributed by atoms with Gasteiger partial charge >= 0.3 is 0 Å². The van der Waals surface area contributed by atoms with E-state index in [9.17, 15) is 4.39 Å². The molecule has 1 aliphatic heterocycles. The van der Waals surface area contributed by atoms with Crippen molar-refractivity contribution < 1.29 is 4.39 Å². The first-order chi connectivity index (χ1) is 15.3. The predicted octanol–water partition coefficient (Wildman–Crippen LogP) is 4.08. The molecule has 0 fully saturated rings. The first kappa shape index (κ1) is 17.9. The zero-order chi connectivity index (χ0) is 20.8. The standard InChI is InChI=1S/C23H18FN7/c24-15-3-1-13(2-4-15)16-7-10-26-22-20(16)28-23(29-22)21-17-11-18(14-5-8-25-9-6-14)27-12-19(17)30-31-21/h1-5,7,10-12,25H,6,8-9H2,(H,30,31)(H,26,28,29). The molecular formula is C23H18FN7. The van der Waals surface area contributed by atoms with Gasteiger partial charge in [0.2, 0.25) is 0 Å². The number of hydrogen-bond acceptors (Lipinski definition) is 5. The molecule has 5 heterocycles. The van der Waals surface area contributed by atoms with Crippen LogP contribution < -0.4 is 5.32 Å². The molecule has 4 aromatic heterocycles. The molecule has 0 aliphatic carbocycles. The number of halogens is 1. The summed E-state index contributed by atoms with van der Waals surface area (Å²) in [6, 6.07) is 10.3. The Morgan fingerprint density at radius 2 is 1.94 bits per heavy atom. The molecule has 1 aromatic carbocycles. The molecule has 3 N–H and O–H groups in total. The van der Waals surface area contributed by atoms with Gasteiger partial charge in [-0.1, -0.05) is 18.2 Å². The van der Waals surface area contributed by atoms with Gasteiger partial charge in [0.1, 0.15) is 17.0 Å². The van der Waals surface area contributed by atoms with Gasteiger partial charge in [0.25, 0.3) is 0 Å². The van der Waals surface area contributed by atoms with E-state index in [2.05, 4.69) is 42.6 Å². The van der Waals surface area contributed by atoms with Crippen molar-refractivity contribution in [2.45, 2.75) is 6.42 Å². The molecule has 8 heteroatoms. The number of benzene rings is 1. The number of hydrogen-bond donors (Lipinski definition) is 3. The number of fused-ring (bicyclic) bond motifs is 2. The van der Waals surface area contributed by atoms with Crippen LogP contribution in [0.1, 0.15) is 12.1 Å². The lowest BCUT2D eigenvalue weighted by Gasteiger charge is -2.13. The van der Waals surface area contributed by atoms with Crippen molar-refractivity contribution in [2.75, 3.05) is 13.1 Å². The van der Waals surface area contributed by atoms with E-state index in [0.717, 1.165) is 58.4 Å². The van der Waals surface area contributed by atoms with E-state index in [1.807, 2.05) is 12.3 Å². The van der Waals surface area contributed by atoms with Crippen LogP contribution in [0.4, 0.5) is 4.39 Å². The molecule has 31 heavy (non-hydrogen) atoms. The van der Waals surface area contributed by atoms with Crippen molar-refractivity contribution in [3.63, 3.8) is 0 Å². The van der Waals surface area contributed by atoms with Crippen molar-refractivity contribution in [1.29, 1.82) is 0 Å². The van der Waals surface area contributed by atoms with Gasteiger partial charge < -0.3 is 10.3 Å². The molecule has 7 nitrogen and oxygen atoms in total. The van der Waals surface area contributed by atoms with Crippen LogP contribution in [0, 0.1) is 5.82 Å². The fourth-order valence-electron chi connectivity index (χ4n) is 4.01. The minimum Gasteiger partial charge on any atom is -0.321 e. The Labute approximate surface area is 176 Å². The molecule has 0 amide bonds. The zero-order valence-corrected chi connectivity index (χ0v) is 16.5. The lowest BCUT2D eigenvalue weighted by atomic mass is 10.0. The van der Waals surface area contributed by atoms with E-state index >= 15 is 0 Å². The third-order valence-corrected chi connectivity index (χ3v) is 5.60. The van der Waals surface area contributed by atoms with Gasteiger partial charge in [0.05, 0.1) is 17.4 Å². The highest BCUT2D eigenvalue weighted by Crippen LogP contribution is 2.31. The molecule has 0 spiro atoms. The number of aromatic nitrogens is 6. The first-order valence-electron chi connectivity index (χ1n) is 10.1. The number of aromatic amines is 2. The van der Waals surface area contributed by atoms with Gasteiger partial charge in [-0.25, -0.2) is 14.4 Å². The highest BCUT2D eigenvalue weighted by atomic mass is 19.1. The predicted molar refractivity (Wildman–Crippen MR) is 118 cm³/mol. The second-order valence-corrected chi connectivity index (χ2v) is 7.52. The summed E-state index contributed by atoms with van der Waals surface area (Å²) in [4.78, 5) is 17.1. The summed E-state index contributed by atoms with van der Waals surface area (Å²) in [5, 5.41) is 11.8. The van der Waals surface area contributed by atoms with Crippen LogP contribution in [0.25, 0.3) is 50.3 Å². The Kier molecular flexibility index (Phi) is 4.10. The van der Waals surface area contributed by atoms with Crippen LogP contribution in [0.15, 0.2) is 54.9 Å². The van der Waals surface area contributed by atoms with E-state index < -0.39 is 0 Å². The normalized spacial score (nSPS) is 14.3. The second-order valence-electron chi connectivity index (χ2n) is 7.52. The van der Waals surface area contributed by atoms with Gasteiger partial charge in [-0.15, -0.1) is 0 Å². The summed E-state index contributed by atoms with van der Waals surface area (Å²) < 4.78 is 13.4. The summed E-state index contributed by atoms with van der Waals surface area (Å²) >= 11 is 0. The van der Waals surface area contributed by atoms with Crippen LogP contribution in [0.3, 0.4) is 0 Å². The fraction of sp³-hybridized carbons (Fsp3) is 0.130. The van der Waals surface area contributed by atoms with Crippen LogP contribution in [0.2, 0.25) is 0 Å². The molecule has 6 rings (SSSR count). The monoisotopic (exact) mass is 411 g/mol. The largest absolute Gasteiger partial charge is 0.321 e. The van der Waals surface area contributed by atoms with Gasteiger partial charge in [-0.2, -0.15) is 5.10 Å². The molecule has 0 radical (unpaired) electrons. The summed E-state index contributed by atoms with van der Waals surface area (Å²) in [6.07, 6.45) is 6.66. The van der Waals surface area contributed by atoms with Crippen LogP contribution in [-0.2, 0) is 0 Å². The van der Waals surface area contributed by atoms with E-state index in [0.29, 0.717) is 11.5 Å². The number of rotatable bonds is 3. The number of imidazole rings is 1. The molecule has 152 valence electrons. The quantitative estimate of drug-likeness (QED) is 0.416. The van der Waals surface area contributed by atoms with Gasteiger partial charge in [-0.05, 0) is 48.4 Å². The average Bonchev–Trinajstić information content (AvgIpc) is 3.43. The summed E-state index contributed by atoms with van der Waals surface area (Å²) in [6.45, 7) is 1.81. The Bertz CT molecular complexity index is 1450. The van der Waals surface area contributed by atoms with Gasteiger partial charge in [0, 0.05) is 23.7 Å². The molecule has 0 saturated carbocycles. The van der Waals surface area contributed by atoms with E-state index in [-0.39, 0.29) is 5.82 Å². The number of nitrogens with one attached hydrogen (secondary N) is 3. The minimum atomic E-state index is -0.270. The summed E-state index contributed by atoms with van der Waals surface area (Å²) in [7, 11) is 0. The Morgan fingerprint density at radius 3 is 2.77 bits per heavy atom. The third-order valence-electron chi connectivity index (χ3n) is 5.60. The van der Waals surface area contributed by atoms with Crippen LogP contribution in [-0.4, -0.2) is 43.2 Å². The second kappa shape index (κ2) is 7.10. The van der Waals surface area contributed by atoms with E-state index in [1.54, 1.807) is 18.3 Å². The maximum Gasteiger partial charge on any atom is 0.160 e. The van der Waals surface area contributed by atoms with E-state index in [1.165, 1.54) is 17.7 Å². The zero-order valence-electron chi connectivity index (χ0n) is 16.5. The number of pyridine rings is 2. The summed E-state index contributed by atoms with van der Waals surface area (Å²) in [5.74, 6) is 0.354. The topological polar surface area (TPSA) is 95.2 Å². The fourth-order valence-corrected chi connectivity index (χ4v) is 4.01. The van der Waals surface area contributed by atoms with Crippen molar-refractivity contribution in [3.05, 3.63) is 66.4 Å². The number of H-pyrrole nitrogens is 2. The van der Waals surface area contributed by atoms with Crippen molar-refractivity contribution in [3.8, 4) is 22.6 Å². The minimum absolute atomic E-state index is 0.270. The molecule has 0 saturated heterocycles. The maximum atomic E-state index is 13.4. The third kappa shape index (κ3) is 3.08. The van der Waals surface area contributed by atoms with Crippen LogP contribution >= 0.6 is 0 Å². The Hall–Kier alpha value is -3.91. The molecule has 1 aliphatic rings. The van der Waals surface area contributed by atoms with Crippen molar-refractivity contribution >= 4 is 27.6 Å². The maximum absolute atomic E-state index is 13.4. The van der Waals surface area contributed by atoms with Crippen molar-refractivity contribution in [1.82, 2.24) is 35.5 Å². The van der Waals surface area contributed by atoms with E-state index in [4.69, 9.17) is 4.98 Å². The first-order valence-corrected chi connectivity index (χ1v) is 10.1. The highest BCUT2D eigenvalue weighted by Gasteiger charge is 2.17. The van der Waals surface area contributed by atoms with Gasteiger partial charge in [0.15, 0.2) is 11.5 Å². The molecule has 0 atom stereocenters. The molecule has 0 bridgehead atoms. The average molecular weight is 411 g/mol. The highest BCUT2D eigenvalue weighted by molar-refractivity contribution is 5.96. The molecular weight excluding hydrogens is 393 g/mol. The lowest BCUT2D eigenvalue weighted by Crippen LogP contribution is -2.20. The van der Waals surface area contributed by atoms with Crippen LogP contribution in [0.5, 0.6) is 0 Å².